The highest BCUT2D eigenvalue weighted by Gasteiger charge is 2.54. The summed E-state index contributed by atoms with van der Waals surface area (Å²) in [6, 6.07) is 6.27. The highest BCUT2D eigenvalue weighted by molar-refractivity contribution is 6.14. The number of nitrogens with zero attached hydrogens (tertiary/aromatic N) is 1. The predicted octanol–water partition coefficient (Wildman–Crippen LogP) is 0.251. The summed E-state index contributed by atoms with van der Waals surface area (Å²) < 4.78 is 0. The first kappa shape index (κ1) is 12.9. The Morgan fingerprint density at radius 1 is 1.32 bits per heavy atom. The van der Waals surface area contributed by atoms with E-state index < -0.39 is 11.3 Å². The highest BCUT2D eigenvalue weighted by Crippen LogP contribution is 2.46. The predicted molar refractivity (Wildman–Crippen MR) is 68.7 cm³/mol. The average molecular weight is 262 g/mol. The molecule has 0 aromatic heterocycles. The van der Waals surface area contributed by atoms with E-state index in [4.69, 9.17) is 16.7 Å². The molecule has 2 amide bonds. The van der Waals surface area contributed by atoms with Crippen LogP contribution in [0, 0.1) is 5.41 Å². The lowest BCUT2D eigenvalue weighted by Crippen LogP contribution is -2.36. The zero-order chi connectivity index (χ0) is 14.0. The molecule has 7 heteroatoms. The molecule has 1 saturated carbocycles. The zero-order valence-electron chi connectivity index (χ0n) is 10.1. The standard InChI is InChI=1S/C12H14N4O3/c13-9(17)7-2-1-3-8(6-7)15-11(18)12(4-5-12)10(14)16-19/h1-3,6,19H,4-5H2,(H2,13,17)(H2,14,16)(H,15,18). The molecular weight excluding hydrogens is 248 g/mol. The monoisotopic (exact) mass is 262 g/mol. The van der Waals surface area contributed by atoms with Crippen molar-refractivity contribution in [3.05, 3.63) is 29.8 Å². The third-order valence-electron chi connectivity index (χ3n) is 3.19. The molecule has 0 bridgehead atoms. The van der Waals surface area contributed by atoms with Crippen molar-refractivity contribution in [1.29, 1.82) is 0 Å². The van der Waals surface area contributed by atoms with Gasteiger partial charge in [-0.05, 0) is 31.0 Å². The Hall–Kier alpha value is -2.57. The van der Waals surface area contributed by atoms with Crippen molar-refractivity contribution in [3.8, 4) is 0 Å². The molecule has 1 aromatic carbocycles. The van der Waals surface area contributed by atoms with Gasteiger partial charge in [0, 0.05) is 11.3 Å². The molecule has 0 aliphatic heterocycles. The summed E-state index contributed by atoms with van der Waals surface area (Å²) in [5.41, 5.74) is 10.5. The lowest BCUT2D eigenvalue weighted by molar-refractivity contribution is -0.119. The number of nitrogens with one attached hydrogen (secondary N) is 1. The maximum absolute atomic E-state index is 12.1. The summed E-state index contributed by atoms with van der Waals surface area (Å²) in [5, 5.41) is 14.2. The van der Waals surface area contributed by atoms with Crippen LogP contribution in [0.3, 0.4) is 0 Å². The first-order valence-electron chi connectivity index (χ1n) is 5.69. The largest absolute Gasteiger partial charge is 0.409 e. The average Bonchev–Trinajstić information content (AvgIpc) is 3.19. The van der Waals surface area contributed by atoms with Gasteiger partial charge in [0.15, 0.2) is 5.84 Å². The molecule has 1 fully saturated rings. The first-order valence-corrected chi connectivity index (χ1v) is 5.69. The van der Waals surface area contributed by atoms with E-state index in [1.807, 2.05) is 0 Å². The quantitative estimate of drug-likeness (QED) is 0.268. The fourth-order valence-electron chi connectivity index (χ4n) is 1.82. The van der Waals surface area contributed by atoms with Crippen molar-refractivity contribution >= 4 is 23.3 Å². The van der Waals surface area contributed by atoms with Gasteiger partial charge in [0.1, 0.15) is 5.41 Å². The minimum absolute atomic E-state index is 0.101. The summed E-state index contributed by atoms with van der Waals surface area (Å²) >= 11 is 0. The molecule has 0 radical (unpaired) electrons. The van der Waals surface area contributed by atoms with Crippen molar-refractivity contribution in [2.24, 2.45) is 22.0 Å². The van der Waals surface area contributed by atoms with E-state index in [-0.39, 0.29) is 11.7 Å². The number of rotatable bonds is 4. The number of benzene rings is 1. The Morgan fingerprint density at radius 2 is 2.00 bits per heavy atom. The van der Waals surface area contributed by atoms with Crippen LogP contribution in [0.25, 0.3) is 0 Å². The number of carbonyl (C=O) groups is 2. The molecule has 0 saturated heterocycles. The Morgan fingerprint density at radius 3 is 2.53 bits per heavy atom. The summed E-state index contributed by atoms with van der Waals surface area (Å²) in [6.07, 6.45) is 1.06. The third-order valence-corrected chi connectivity index (χ3v) is 3.19. The van der Waals surface area contributed by atoms with Gasteiger partial charge in [0.05, 0.1) is 0 Å². The van der Waals surface area contributed by atoms with E-state index in [2.05, 4.69) is 10.5 Å². The fraction of sp³-hybridized carbons (Fsp3) is 0.250. The van der Waals surface area contributed by atoms with Crippen LogP contribution in [-0.4, -0.2) is 22.9 Å². The van der Waals surface area contributed by atoms with E-state index in [1.165, 1.54) is 6.07 Å². The molecule has 0 unspecified atom stereocenters. The Labute approximate surface area is 109 Å². The number of anilines is 1. The van der Waals surface area contributed by atoms with Crippen LogP contribution < -0.4 is 16.8 Å². The van der Waals surface area contributed by atoms with E-state index >= 15 is 0 Å². The minimum Gasteiger partial charge on any atom is -0.409 e. The van der Waals surface area contributed by atoms with Crippen molar-refractivity contribution < 1.29 is 14.8 Å². The fourth-order valence-corrected chi connectivity index (χ4v) is 1.82. The van der Waals surface area contributed by atoms with E-state index in [0.717, 1.165) is 0 Å². The van der Waals surface area contributed by atoms with Crippen LogP contribution in [0.1, 0.15) is 23.2 Å². The number of primary amides is 1. The van der Waals surface area contributed by atoms with Crippen molar-refractivity contribution in [2.75, 3.05) is 5.32 Å². The van der Waals surface area contributed by atoms with Crippen LogP contribution in [0.5, 0.6) is 0 Å². The van der Waals surface area contributed by atoms with Gasteiger partial charge in [-0.15, -0.1) is 0 Å². The molecular formula is C12H14N4O3. The van der Waals surface area contributed by atoms with E-state index in [0.29, 0.717) is 24.1 Å². The number of nitrogens with two attached hydrogens (primary N) is 2. The molecule has 100 valence electrons. The van der Waals surface area contributed by atoms with Gasteiger partial charge in [-0.1, -0.05) is 11.2 Å². The summed E-state index contributed by atoms with van der Waals surface area (Å²) in [5.74, 6) is -1.03. The Balaban J connectivity index is 2.16. The summed E-state index contributed by atoms with van der Waals surface area (Å²) in [7, 11) is 0. The molecule has 0 atom stereocenters. The van der Waals surface area contributed by atoms with Crippen LogP contribution >= 0.6 is 0 Å². The molecule has 2 rings (SSSR count). The zero-order valence-corrected chi connectivity index (χ0v) is 10.1. The van der Waals surface area contributed by atoms with E-state index in [1.54, 1.807) is 18.2 Å². The molecule has 19 heavy (non-hydrogen) atoms. The number of hydrogen-bond donors (Lipinski definition) is 4. The first-order chi connectivity index (χ1) is 8.99. The molecule has 0 spiro atoms. The molecule has 6 N–H and O–H groups in total. The van der Waals surface area contributed by atoms with Crippen LogP contribution in [0.2, 0.25) is 0 Å². The Bertz CT molecular complexity index is 564. The second kappa shape index (κ2) is 4.60. The number of amidine groups is 1. The van der Waals surface area contributed by atoms with Crippen LogP contribution in [0.15, 0.2) is 29.4 Å². The second-order valence-corrected chi connectivity index (χ2v) is 4.47. The second-order valence-electron chi connectivity index (χ2n) is 4.47. The maximum Gasteiger partial charge on any atom is 0.248 e. The lowest BCUT2D eigenvalue weighted by Gasteiger charge is -2.13. The molecule has 1 aliphatic rings. The highest BCUT2D eigenvalue weighted by atomic mass is 16.4. The number of hydrogen-bond acceptors (Lipinski definition) is 4. The topological polar surface area (TPSA) is 131 Å². The van der Waals surface area contributed by atoms with Crippen LogP contribution in [0.4, 0.5) is 5.69 Å². The van der Waals surface area contributed by atoms with Gasteiger partial charge in [0.2, 0.25) is 11.8 Å². The molecule has 1 aromatic rings. The lowest BCUT2D eigenvalue weighted by atomic mass is 10.0. The van der Waals surface area contributed by atoms with Gasteiger partial charge >= 0.3 is 0 Å². The summed E-state index contributed by atoms with van der Waals surface area (Å²) in [4.78, 5) is 23.1. The molecule has 7 nitrogen and oxygen atoms in total. The summed E-state index contributed by atoms with van der Waals surface area (Å²) in [6.45, 7) is 0. The van der Waals surface area contributed by atoms with Crippen molar-refractivity contribution in [2.45, 2.75) is 12.8 Å². The molecule has 1 aliphatic carbocycles. The van der Waals surface area contributed by atoms with Gasteiger partial charge in [-0.2, -0.15) is 0 Å². The number of amides is 2. The van der Waals surface area contributed by atoms with Crippen molar-refractivity contribution in [3.63, 3.8) is 0 Å². The Kier molecular flexibility index (Phi) is 3.12. The van der Waals surface area contributed by atoms with Crippen molar-refractivity contribution in [1.82, 2.24) is 0 Å². The molecule has 0 heterocycles. The van der Waals surface area contributed by atoms with Gasteiger partial charge < -0.3 is 22.0 Å². The normalized spacial score (nSPS) is 16.7. The third kappa shape index (κ3) is 2.35. The van der Waals surface area contributed by atoms with Gasteiger partial charge in [0.25, 0.3) is 0 Å². The van der Waals surface area contributed by atoms with Gasteiger partial charge in [-0.25, -0.2) is 0 Å². The maximum atomic E-state index is 12.1. The SMILES string of the molecule is NC(=O)c1cccc(NC(=O)C2(/C(N)=N/O)CC2)c1. The number of oxime groups is 1. The smallest absolute Gasteiger partial charge is 0.248 e. The number of carbonyl (C=O) groups excluding carboxylic acids is 2. The minimum atomic E-state index is -0.933. The van der Waals surface area contributed by atoms with E-state index in [9.17, 15) is 9.59 Å². The van der Waals surface area contributed by atoms with Crippen LogP contribution in [-0.2, 0) is 4.79 Å². The van der Waals surface area contributed by atoms with Gasteiger partial charge in [-0.3, -0.25) is 9.59 Å².